The molecule has 5 heteroatoms. The standard InChI is InChI=1S/C14H13ClN2OS/c1-8-2-3-19-13(8)7-16-12-4-9-5-14(18)17-11(9)6-10(12)15/h2-4,6,16H,5,7H2,1H3,(H,17,18). The molecule has 0 atom stereocenters. The highest BCUT2D eigenvalue weighted by atomic mass is 35.5. The molecule has 3 rings (SSSR count). The number of aryl methyl sites for hydroxylation is 1. The summed E-state index contributed by atoms with van der Waals surface area (Å²) in [6, 6.07) is 5.87. The van der Waals surface area contributed by atoms with Crippen molar-refractivity contribution in [2.24, 2.45) is 0 Å². The van der Waals surface area contributed by atoms with Gasteiger partial charge in [-0.05, 0) is 41.6 Å². The molecule has 98 valence electrons. The summed E-state index contributed by atoms with van der Waals surface area (Å²) in [6.45, 7) is 2.85. The zero-order valence-corrected chi connectivity index (χ0v) is 12.0. The lowest BCUT2D eigenvalue weighted by atomic mass is 10.1. The number of carbonyl (C=O) groups is 1. The van der Waals surface area contributed by atoms with Crippen LogP contribution < -0.4 is 10.6 Å². The number of nitrogens with one attached hydrogen (secondary N) is 2. The Bertz CT molecular complexity index is 651. The zero-order valence-electron chi connectivity index (χ0n) is 10.4. The van der Waals surface area contributed by atoms with Gasteiger partial charge in [0.25, 0.3) is 0 Å². The maximum absolute atomic E-state index is 11.3. The summed E-state index contributed by atoms with van der Waals surface area (Å²) < 4.78 is 0. The second-order valence-corrected chi connectivity index (χ2v) is 6.00. The first kappa shape index (κ1) is 12.5. The van der Waals surface area contributed by atoms with Gasteiger partial charge in [0.2, 0.25) is 5.91 Å². The van der Waals surface area contributed by atoms with Gasteiger partial charge in [0.1, 0.15) is 0 Å². The van der Waals surface area contributed by atoms with Crippen molar-refractivity contribution in [3.05, 3.63) is 44.6 Å². The molecule has 1 amide bonds. The first-order chi connectivity index (χ1) is 9.13. The maximum atomic E-state index is 11.3. The fourth-order valence-electron chi connectivity index (χ4n) is 2.14. The van der Waals surface area contributed by atoms with E-state index >= 15 is 0 Å². The molecule has 1 aliphatic rings. The molecule has 2 N–H and O–H groups in total. The molecular formula is C14H13ClN2OS. The molecule has 1 aromatic carbocycles. The lowest BCUT2D eigenvalue weighted by Gasteiger charge is -2.10. The third-order valence-corrected chi connectivity index (χ3v) is 4.56. The highest BCUT2D eigenvalue weighted by Crippen LogP contribution is 2.33. The van der Waals surface area contributed by atoms with Crippen molar-refractivity contribution in [3.8, 4) is 0 Å². The summed E-state index contributed by atoms with van der Waals surface area (Å²) in [5.74, 6) is 0.0253. The Morgan fingerprint density at radius 2 is 2.32 bits per heavy atom. The van der Waals surface area contributed by atoms with Gasteiger partial charge >= 0.3 is 0 Å². The van der Waals surface area contributed by atoms with Gasteiger partial charge < -0.3 is 10.6 Å². The molecule has 0 saturated carbocycles. The topological polar surface area (TPSA) is 41.1 Å². The van der Waals surface area contributed by atoms with E-state index in [1.807, 2.05) is 12.1 Å². The number of thiophene rings is 1. The third kappa shape index (κ3) is 2.46. The molecule has 0 bridgehead atoms. The Morgan fingerprint density at radius 3 is 3.05 bits per heavy atom. The second kappa shape index (κ2) is 4.87. The van der Waals surface area contributed by atoms with E-state index in [1.165, 1.54) is 10.4 Å². The van der Waals surface area contributed by atoms with Gasteiger partial charge in [0.15, 0.2) is 0 Å². The summed E-state index contributed by atoms with van der Waals surface area (Å²) in [4.78, 5) is 12.6. The molecule has 2 heterocycles. The van der Waals surface area contributed by atoms with Crippen LogP contribution in [0.2, 0.25) is 5.02 Å². The maximum Gasteiger partial charge on any atom is 0.228 e. The number of anilines is 2. The van der Waals surface area contributed by atoms with Crippen molar-refractivity contribution in [2.75, 3.05) is 10.6 Å². The zero-order chi connectivity index (χ0) is 13.4. The molecule has 0 saturated heterocycles. The minimum absolute atomic E-state index is 0.0253. The van der Waals surface area contributed by atoms with E-state index in [4.69, 9.17) is 11.6 Å². The van der Waals surface area contributed by atoms with Crippen LogP contribution in [0.15, 0.2) is 23.6 Å². The fourth-order valence-corrected chi connectivity index (χ4v) is 3.22. The molecule has 3 nitrogen and oxygen atoms in total. The van der Waals surface area contributed by atoms with Crippen LogP contribution >= 0.6 is 22.9 Å². The SMILES string of the molecule is Cc1ccsc1CNc1cc2c(cc1Cl)NC(=O)C2. The molecule has 19 heavy (non-hydrogen) atoms. The average molecular weight is 293 g/mol. The first-order valence-corrected chi connectivity index (χ1v) is 7.28. The van der Waals surface area contributed by atoms with E-state index in [0.717, 1.165) is 23.5 Å². The van der Waals surface area contributed by atoms with Gasteiger partial charge in [-0.2, -0.15) is 0 Å². The monoisotopic (exact) mass is 292 g/mol. The van der Waals surface area contributed by atoms with Crippen LogP contribution in [0, 0.1) is 6.92 Å². The number of carbonyl (C=O) groups excluding carboxylic acids is 1. The summed E-state index contributed by atoms with van der Waals surface area (Å²) in [7, 11) is 0. The molecule has 1 aliphatic heterocycles. The number of hydrogen-bond acceptors (Lipinski definition) is 3. The predicted molar refractivity (Wildman–Crippen MR) is 80.2 cm³/mol. The van der Waals surface area contributed by atoms with Crippen molar-refractivity contribution in [1.29, 1.82) is 0 Å². The predicted octanol–water partition coefficient (Wildman–Crippen LogP) is 3.82. The highest BCUT2D eigenvalue weighted by molar-refractivity contribution is 7.10. The van der Waals surface area contributed by atoms with Crippen molar-refractivity contribution in [3.63, 3.8) is 0 Å². The summed E-state index contributed by atoms with van der Waals surface area (Å²) >= 11 is 7.95. The van der Waals surface area contributed by atoms with Gasteiger partial charge in [-0.25, -0.2) is 0 Å². The van der Waals surface area contributed by atoms with Crippen LogP contribution in [-0.2, 0) is 17.8 Å². The van der Waals surface area contributed by atoms with Crippen molar-refractivity contribution < 1.29 is 4.79 Å². The van der Waals surface area contributed by atoms with E-state index in [-0.39, 0.29) is 5.91 Å². The van der Waals surface area contributed by atoms with E-state index in [9.17, 15) is 4.79 Å². The van der Waals surface area contributed by atoms with E-state index in [0.29, 0.717) is 11.4 Å². The number of amides is 1. The molecule has 0 fully saturated rings. The Labute approximate surface area is 120 Å². The Morgan fingerprint density at radius 1 is 1.47 bits per heavy atom. The van der Waals surface area contributed by atoms with Crippen LogP contribution in [0.5, 0.6) is 0 Å². The molecule has 0 aliphatic carbocycles. The summed E-state index contributed by atoms with van der Waals surface area (Å²) in [5.41, 5.74) is 3.99. The largest absolute Gasteiger partial charge is 0.379 e. The van der Waals surface area contributed by atoms with E-state index in [1.54, 1.807) is 11.3 Å². The minimum Gasteiger partial charge on any atom is -0.379 e. The summed E-state index contributed by atoms with van der Waals surface area (Å²) in [6.07, 6.45) is 0.430. The minimum atomic E-state index is 0.0253. The van der Waals surface area contributed by atoms with Gasteiger partial charge in [-0.3, -0.25) is 4.79 Å². The van der Waals surface area contributed by atoms with Crippen LogP contribution in [-0.4, -0.2) is 5.91 Å². The Balaban J connectivity index is 1.80. The third-order valence-electron chi connectivity index (χ3n) is 3.23. The Hall–Kier alpha value is -1.52. The molecule has 2 aromatic rings. The van der Waals surface area contributed by atoms with Gasteiger partial charge in [0, 0.05) is 17.1 Å². The average Bonchev–Trinajstić information content (AvgIpc) is 2.91. The molecule has 0 radical (unpaired) electrons. The van der Waals surface area contributed by atoms with Crippen LogP contribution in [0.4, 0.5) is 11.4 Å². The second-order valence-electron chi connectivity index (χ2n) is 4.59. The van der Waals surface area contributed by atoms with Gasteiger partial charge in [-0.15, -0.1) is 11.3 Å². The smallest absolute Gasteiger partial charge is 0.228 e. The highest BCUT2D eigenvalue weighted by Gasteiger charge is 2.19. The van der Waals surface area contributed by atoms with Crippen molar-refractivity contribution in [1.82, 2.24) is 0 Å². The Kier molecular flexibility index (Phi) is 3.21. The number of hydrogen-bond donors (Lipinski definition) is 2. The first-order valence-electron chi connectivity index (χ1n) is 6.02. The lowest BCUT2D eigenvalue weighted by molar-refractivity contribution is -0.115. The summed E-state index contributed by atoms with van der Waals surface area (Å²) in [5, 5.41) is 8.85. The quantitative estimate of drug-likeness (QED) is 0.903. The van der Waals surface area contributed by atoms with E-state index < -0.39 is 0 Å². The van der Waals surface area contributed by atoms with Crippen molar-refractivity contribution >= 4 is 40.2 Å². The van der Waals surface area contributed by atoms with Crippen LogP contribution in [0.25, 0.3) is 0 Å². The number of rotatable bonds is 3. The molecule has 0 unspecified atom stereocenters. The van der Waals surface area contributed by atoms with Crippen molar-refractivity contribution in [2.45, 2.75) is 19.9 Å². The number of benzene rings is 1. The van der Waals surface area contributed by atoms with Gasteiger partial charge in [0.05, 0.1) is 17.1 Å². The fraction of sp³-hybridized carbons (Fsp3) is 0.214. The van der Waals surface area contributed by atoms with Gasteiger partial charge in [-0.1, -0.05) is 11.6 Å². The van der Waals surface area contributed by atoms with Crippen LogP contribution in [0.3, 0.4) is 0 Å². The van der Waals surface area contributed by atoms with Crippen LogP contribution in [0.1, 0.15) is 16.0 Å². The lowest BCUT2D eigenvalue weighted by Crippen LogP contribution is -2.03. The number of fused-ring (bicyclic) bond motifs is 1. The normalized spacial score (nSPS) is 13.3. The van der Waals surface area contributed by atoms with E-state index in [2.05, 4.69) is 29.0 Å². The molecule has 0 spiro atoms. The molecule has 1 aromatic heterocycles. The molecular weight excluding hydrogens is 280 g/mol. The number of halogens is 1.